The molecule has 2 aliphatic heterocycles. The second-order valence-corrected chi connectivity index (χ2v) is 5.85. The summed E-state index contributed by atoms with van der Waals surface area (Å²) in [5, 5.41) is 2.80. The molecule has 0 aromatic heterocycles. The van der Waals surface area contributed by atoms with E-state index in [0.29, 0.717) is 25.3 Å². The number of nitrogens with zero attached hydrogens (tertiary/aromatic N) is 2. The summed E-state index contributed by atoms with van der Waals surface area (Å²) in [4.78, 5) is 27.5. The smallest absolute Gasteiger partial charge is 0.414 e. The van der Waals surface area contributed by atoms with Crippen LogP contribution in [0.2, 0.25) is 0 Å². The van der Waals surface area contributed by atoms with Gasteiger partial charge < -0.3 is 10.1 Å². The van der Waals surface area contributed by atoms with Crippen LogP contribution in [0.25, 0.3) is 0 Å². The maximum atomic E-state index is 12.1. The number of hydrogen-bond donors (Lipinski definition) is 1. The summed E-state index contributed by atoms with van der Waals surface area (Å²) in [6, 6.07) is -0.449. The fourth-order valence-electron chi connectivity index (χ4n) is 2.36. The van der Waals surface area contributed by atoms with Crippen molar-refractivity contribution in [3.05, 3.63) is 12.3 Å². The first-order valence-corrected chi connectivity index (χ1v) is 6.51. The van der Waals surface area contributed by atoms with Crippen molar-refractivity contribution in [3.8, 4) is 0 Å². The monoisotopic (exact) mass is 267 g/mol. The first-order valence-electron chi connectivity index (χ1n) is 6.51. The largest absolute Gasteiger partial charge is 0.443 e. The van der Waals surface area contributed by atoms with E-state index >= 15 is 0 Å². The molecule has 2 rings (SSSR count). The molecule has 0 spiro atoms. The fraction of sp³-hybridized carbons (Fsp3) is 0.692. The molecule has 2 aliphatic rings. The van der Waals surface area contributed by atoms with Crippen molar-refractivity contribution in [1.82, 2.24) is 15.1 Å². The highest BCUT2D eigenvalue weighted by atomic mass is 16.6. The van der Waals surface area contributed by atoms with E-state index in [9.17, 15) is 9.59 Å². The molecule has 2 amide bonds. The summed E-state index contributed by atoms with van der Waals surface area (Å²) >= 11 is 0. The summed E-state index contributed by atoms with van der Waals surface area (Å²) in [5.74, 6) is -0.0930. The highest BCUT2D eigenvalue weighted by Gasteiger charge is 2.40. The Labute approximate surface area is 113 Å². The number of amides is 2. The van der Waals surface area contributed by atoms with Crippen LogP contribution in [-0.2, 0) is 9.53 Å². The van der Waals surface area contributed by atoms with Crippen molar-refractivity contribution in [2.45, 2.75) is 32.4 Å². The predicted molar refractivity (Wildman–Crippen MR) is 70.5 cm³/mol. The van der Waals surface area contributed by atoms with Gasteiger partial charge in [0.1, 0.15) is 11.6 Å². The van der Waals surface area contributed by atoms with Gasteiger partial charge in [0, 0.05) is 31.9 Å². The Morgan fingerprint density at radius 1 is 1.37 bits per heavy atom. The lowest BCUT2D eigenvalue weighted by atomic mass is 10.1. The molecule has 106 valence electrons. The molecule has 0 unspecified atom stereocenters. The minimum Gasteiger partial charge on any atom is -0.443 e. The Morgan fingerprint density at radius 3 is 2.68 bits per heavy atom. The van der Waals surface area contributed by atoms with Gasteiger partial charge in [-0.15, -0.1) is 0 Å². The van der Waals surface area contributed by atoms with Crippen LogP contribution in [0.15, 0.2) is 12.3 Å². The Morgan fingerprint density at radius 2 is 2.05 bits per heavy atom. The zero-order valence-electron chi connectivity index (χ0n) is 11.7. The lowest BCUT2D eigenvalue weighted by Crippen LogP contribution is -2.63. The Bertz CT molecular complexity index is 414. The Kier molecular flexibility index (Phi) is 3.54. The Hall–Kier alpha value is -1.56. The summed E-state index contributed by atoms with van der Waals surface area (Å²) < 4.78 is 5.34. The van der Waals surface area contributed by atoms with Crippen LogP contribution >= 0.6 is 0 Å². The summed E-state index contributed by atoms with van der Waals surface area (Å²) in [7, 11) is 0. The molecule has 0 aromatic rings. The molecule has 1 atom stereocenters. The second-order valence-electron chi connectivity index (χ2n) is 5.85. The molecule has 0 aromatic carbocycles. The van der Waals surface area contributed by atoms with Gasteiger partial charge in [0.05, 0.1) is 0 Å². The van der Waals surface area contributed by atoms with Crippen LogP contribution in [0.5, 0.6) is 0 Å². The van der Waals surface area contributed by atoms with Gasteiger partial charge in [-0.3, -0.25) is 14.6 Å². The highest BCUT2D eigenvalue weighted by Crippen LogP contribution is 2.23. The SMILES string of the molecule is C=C1[C@H]2C(=O)NCCN2CCN1C(=O)OC(C)(C)C. The fourth-order valence-corrected chi connectivity index (χ4v) is 2.36. The highest BCUT2D eigenvalue weighted by molar-refractivity contribution is 5.87. The van der Waals surface area contributed by atoms with Gasteiger partial charge in [-0.25, -0.2) is 4.79 Å². The van der Waals surface area contributed by atoms with Gasteiger partial charge in [0.25, 0.3) is 0 Å². The van der Waals surface area contributed by atoms with Gasteiger partial charge in [-0.05, 0) is 20.8 Å². The van der Waals surface area contributed by atoms with Crippen molar-refractivity contribution < 1.29 is 14.3 Å². The molecule has 2 heterocycles. The van der Waals surface area contributed by atoms with E-state index < -0.39 is 17.7 Å². The molecule has 6 nitrogen and oxygen atoms in total. The predicted octanol–water partition coefficient (Wildman–Crippen LogP) is 0.551. The van der Waals surface area contributed by atoms with E-state index in [-0.39, 0.29) is 5.91 Å². The quantitative estimate of drug-likeness (QED) is 0.696. The van der Waals surface area contributed by atoms with Gasteiger partial charge in [-0.2, -0.15) is 0 Å². The third-order valence-electron chi connectivity index (χ3n) is 3.20. The van der Waals surface area contributed by atoms with Gasteiger partial charge in [-0.1, -0.05) is 6.58 Å². The van der Waals surface area contributed by atoms with Crippen molar-refractivity contribution in [1.29, 1.82) is 0 Å². The molecule has 6 heteroatoms. The number of fused-ring (bicyclic) bond motifs is 1. The minimum absolute atomic E-state index is 0.0930. The lowest BCUT2D eigenvalue weighted by Gasteiger charge is -2.44. The van der Waals surface area contributed by atoms with Crippen LogP contribution < -0.4 is 5.32 Å². The molecular formula is C13H21N3O3. The zero-order valence-corrected chi connectivity index (χ0v) is 11.7. The number of rotatable bonds is 0. The number of piperazine rings is 2. The number of carbonyl (C=O) groups excluding carboxylic acids is 2. The third-order valence-corrected chi connectivity index (χ3v) is 3.20. The maximum Gasteiger partial charge on any atom is 0.414 e. The average Bonchev–Trinajstić information content (AvgIpc) is 2.26. The lowest BCUT2D eigenvalue weighted by molar-refractivity contribution is -0.129. The first kappa shape index (κ1) is 13.9. The van der Waals surface area contributed by atoms with E-state index in [4.69, 9.17) is 4.74 Å². The topological polar surface area (TPSA) is 61.9 Å². The summed E-state index contributed by atoms with van der Waals surface area (Å²) in [5.41, 5.74) is -0.0544. The van der Waals surface area contributed by atoms with Crippen LogP contribution in [-0.4, -0.2) is 59.6 Å². The molecule has 0 saturated carbocycles. The molecule has 19 heavy (non-hydrogen) atoms. The maximum absolute atomic E-state index is 12.1. The summed E-state index contributed by atoms with van der Waals surface area (Å²) in [6.45, 7) is 12.0. The van der Waals surface area contributed by atoms with E-state index in [1.165, 1.54) is 4.90 Å². The Balaban J connectivity index is 2.10. The normalized spacial score (nSPS) is 24.8. The van der Waals surface area contributed by atoms with Crippen molar-refractivity contribution in [2.24, 2.45) is 0 Å². The molecule has 1 N–H and O–H groups in total. The molecular weight excluding hydrogens is 246 g/mol. The zero-order chi connectivity index (χ0) is 14.2. The number of carbonyl (C=O) groups is 2. The minimum atomic E-state index is -0.552. The second kappa shape index (κ2) is 4.85. The van der Waals surface area contributed by atoms with Crippen LogP contribution in [0, 0.1) is 0 Å². The van der Waals surface area contributed by atoms with Crippen molar-refractivity contribution in [3.63, 3.8) is 0 Å². The van der Waals surface area contributed by atoms with Crippen LogP contribution in [0.4, 0.5) is 4.79 Å². The average molecular weight is 267 g/mol. The molecule has 0 radical (unpaired) electrons. The van der Waals surface area contributed by atoms with Crippen LogP contribution in [0.1, 0.15) is 20.8 Å². The van der Waals surface area contributed by atoms with E-state index in [2.05, 4.69) is 11.9 Å². The standard InChI is InChI=1S/C13H21N3O3/c1-9-10-11(17)14-5-6-15(10)7-8-16(9)12(18)19-13(2,3)4/h10H,1,5-8H2,2-4H3,(H,14,17)/t10-/m0/s1. The van der Waals surface area contributed by atoms with Gasteiger partial charge >= 0.3 is 6.09 Å². The molecule has 0 bridgehead atoms. The number of nitrogens with one attached hydrogen (secondary N) is 1. The van der Waals surface area contributed by atoms with E-state index in [1.54, 1.807) is 0 Å². The number of ether oxygens (including phenoxy) is 1. The number of hydrogen-bond acceptors (Lipinski definition) is 4. The van der Waals surface area contributed by atoms with Crippen molar-refractivity contribution >= 4 is 12.0 Å². The van der Waals surface area contributed by atoms with E-state index in [0.717, 1.165) is 6.54 Å². The van der Waals surface area contributed by atoms with Crippen LogP contribution in [0.3, 0.4) is 0 Å². The van der Waals surface area contributed by atoms with E-state index in [1.807, 2.05) is 25.7 Å². The molecule has 2 fully saturated rings. The van der Waals surface area contributed by atoms with Gasteiger partial charge in [0.2, 0.25) is 5.91 Å². The van der Waals surface area contributed by atoms with Gasteiger partial charge in [0.15, 0.2) is 0 Å². The van der Waals surface area contributed by atoms with Crippen molar-refractivity contribution in [2.75, 3.05) is 26.2 Å². The first-order chi connectivity index (χ1) is 8.79. The molecule has 0 aliphatic carbocycles. The molecule has 2 saturated heterocycles. The third kappa shape index (κ3) is 2.89. The summed E-state index contributed by atoms with van der Waals surface area (Å²) in [6.07, 6.45) is -0.435.